The summed E-state index contributed by atoms with van der Waals surface area (Å²) in [6, 6.07) is 4.14. The van der Waals surface area contributed by atoms with Gasteiger partial charge < -0.3 is 9.67 Å². The zero-order valence-corrected chi connectivity index (χ0v) is 9.05. The van der Waals surface area contributed by atoms with Crippen molar-refractivity contribution < 1.29 is 14.3 Å². The fourth-order valence-corrected chi connectivity index (χ4v) is 1.71. The molecule has 0 saturated carbocycles. The summed E-state index contributed by atoms with van der Waals surface area (Å²) in [6.45, 7) is 1.50. The van der Waals surface area contributed by atoms with Crippen LogP contribution in [0.5, 0.6) is 0 Å². The number of aromatic nitrogens is 1. The second kappa shape index (κ2) is 4.01. The van der Waals surface area contributed by atoms with Gasteiger partial charge in [-0.15, -0.1) is 0 Å². The van der Waals surface area contributed by atoms with Gasteiger partial charge in [-0.2, -0.15) is 0 Å². The summed E-state index contributed by atoms with van der Waals surface area (Å²) in [4.78, 5) is 22.5. The SMILES string of the molecule is CC(C(=O)O)n1ccc(=O)c2cc(F)ccc21. The molecule has 0 saturated heterocycles. The Kier molecular flexibility index (Phi) is 2.67. The first-order chi connectivity index (χ1) is 8.00. The lowest BCUT2D eigenvalue weighted by atomic mass is 10.2. The highest BCUT2D eigenvalue weighted by atomic mass is 19.1. The third kappa shape index (κ3) is 1.91. The van der Waals surface area contributed by atoms with Crippen LogP contribution in [0.3, 0.4) is 0 Å². The topological polar surface area (TPSA) is 59.3 Å². The largest absolute Gasteiger partial charge is 0.480 e. The standard InChI is InChI=1S/C12H10FNO3/c1-7(12(16)17)14-5-4-11(15)9-6-8(13)2-3-10(9)14/h2-7H,1H3,(H,16,17). The Bertz CT molecular complexity index is 648. The number of pyridine rings is 1. The molecule has 17 heavy (non-hydrogen) atoms. The molecule has 0 spiro atoms. The van der Waals surface area contributed by atoms with Gasteiger partial charge in [-0.05, 0) is 25.1 Å². The van der Waals surface area contributed by atoms with Crippen molar-refractivity contribution in [2.24, 2.45) is 0 Å². The summed E-state index contributed by atoms with van der Waals surface area (Å²) in [5, 5.41) is 9.13. The number of carboxylic acid groups (broad SMARTS) is 1. The molecule has 2 rings (SSSR count). The minimum atomic E-state index is -1.01. The summed E-state index contributed by atoms with van der Waals surface area (Å²) in [5.74, 6) is -1.53. The molecule has 0 aliphatic rings. The monoisotopic (exact) mass is 235 g/mol. The Hall–Kier alpha value is -2.17. The number of nitrogens with zero attached hydrogens (tertiary/aromatic N) is 1. The number of halogens is 1. The van der Waals surface area contributed by atoms with Crippen LogP contribution < -0.4 is 5.43 Å². The van der Waals surface area contributed by atoms with Crippen molar-refractivity contribution in [3.8, 4) is 0 Å². The Labute approximate surface area is 95.9 Å². The van der Waals surface area contributed by atoms with Crippen molar-refractivity contribution >= 4 is 16.9 Å². The molecule has 4 nitrogen and oxygen atoms in total. The fraction of sp³-hybridized carbons (Fsp3) is 0.167. The van der Waals surface area contributed by atoms with Crippen LogP contribution in [0, 0.1) is 5.82 Å². The van der Waals surface area contributed by atoms with Gasteiger partial charge >= 0.3 is 5.97 Å². The number of benzene rings is 1. The van der Waals surface area contributed by atoms with Gasteiger partial charge in [0.1, 0.15) is 11.9 Å². The molecule has 1 atom stereocenters. The Balaban J connectivity index is 2.79. The van der Waals surface area contributed by atoms with Gasteiger partial charge in [-0.1, -0.05) is 0 Å². The molecule has 2 aromatic rings. The van der Waals surface area contributed by atoms with E-state index in [1.54, 1.807) is 0 Å². The number of hydrogen-bond acceptors (Lipinski definition) is 2. The molecule has 0 amide bonds. The van der Waals surface area contributed by atoms with Crippen LogP contribution in [0.25, 0.3) is 10.9 Å². The van der Waals surface area contributed by atoms with Crippen LogP contribution in [-0.2, 0) is 4.79 Å². The molecule has 0 aliphatic heterocycles. The van der Waals surface area contributed by atoms with Gasteiger partial charge in [0, 0.05) is 17.6 Å². The van der Waals surface area contributed by atoms with E-state index in [4.69, 9.17) is 5.11 Å². The number of aliphatic carboxylic acids is 1. The van der Waals surface area contributed by atoms with E-state index in [2.05, 4.69) is 0 Å². The van der Waals surface area contributed by atoms with E-state index >= 15 is 0 Å². The van der Waals surface area contributed by atoms with E-state index in [-0.39, 0.29) is 10.8 Å². The van der Waals surface area contributed by atoms with Crippen molar-refractivity contribution in [2.75, 3.05) is 0 Å². The molecule has 88 valence electrons. The molecule has 0 bridgehead atoms. The highest BCUT2D eigenvalue weighted by molar-refractivity contribution is 5.81. The van der Waals surface area contributed by atoms with Crippen LogP contribution >= 0.6 is 0 Å². The molecule has 1 unspecified atom stereocenters. The van der Waals surface area contributed by atoms with E-state index in [0.717, 1.165) is 6.07 Å². The van der Waals surface area contributed by atoms with Gasteiger partial charge in [-0.3, -0.25) is 4.79 Å². The zero-order valence-electron chi connectivity index (χ0n) is 9.05. The van der Waals surface area contributed by atoms with Crippen LogP contribution in [0.1, 0.15) is 13.0 Å². The van der Waals surface area contributed by atoms with E-state index in [9.17, 15) is 14.0 Å². The normalized spacial score (nSPS) is 12.6. The maximum absolute atomic E-state index is 13.0. The molecule has 0 radical (unpaired) electrons. The van der Waals surface area contributed by atoms with Gasteiger partial charge in [0.25, 0.3) is 0 Å². The Morgan fingerprint density at radius 1 is 1.41 bits per heavy atom. The lowest BCUT2D eigenvalue weighted by Gasteiger charge is -2.14. The Morgan fingerprint density at radius 2 is 2.12 bits per heavy atom. The maximum atomic E-state index is 13.0. The molecule has 5 heteroatoms. The van der Waals surface area contributed by atoms with Crippen molar-refractivity contribution in [3.05, 3.63) is 46.5 Å². The summed E-state index contributed by atoms with van der Waals surface area (Å²) in [6.07, 6.45) is 1.40. The summed E-state index contributed by atoms with van der Waals surface area (Å²) in [7, 11) is 0. The minimum absolute atomic E-state index is 0.181. The van der Waals surface area contributed by atoms with Gasteiger partial charge in [0.2, 0.25) is 0 Å². The quantitative estimate of drug-likeness (QED) is 0.863. The molecule has 1 aromatic carbocycles. The minimum Gasteiger partial charge on any atom is -0.480 e. The van der Waals surface area contributed by atoms with Crippen molar-refractivity contribution in [1.29, 1.82) is 0 Å². The molecule has 1 heterocycles. The second-order valence-electron chi connectivity index (χ2n) is 3.76. The van der Waals surface area contributed by atoms with E-state index in [0.29, 0.717) is 5.52 Å². The fourth-order valence-electron chi connectivity index (χ4n) is 1.71. The highest BCUT2D eigenvalue weighted by Gasteiger charge is 2.15. The number of carbonyl (C=O) groups is 1. The third-order valence-corrected chi connectivity index (χ3v) is 2.66. The summed E-state index contributed by atoms with van der Waals surface area (Å²) < 4.78 is 14.5. The van der Waals surface area contributed by atoms with Crippen molar-refractivity contribution in [3.63, 3.8) is 0 Å². The molecular weight excluding hydrogens is 225 g/mol. The van der Waals surface area contributed by atoms with Crippen LogP contribution in [-0.4, -0.2) is 15.6 Å². The van der Waals surface area contributed by atoms with Gasteiger partial charge in [0.15, 0.2) is 5.43 Å². The Morgan fingerprint density at radius 3 is 2.76 bits per heavy atom. The number of hydrogen-bond donors (Lipinski definition) is 1. The summed E-state index contributed by atoms with van der Waals surface area (Å²) in [5.41, 5.74) is 0.0853. The smallest absolute Gasteiger partial charge is 0.326 e. The predicted octanol–water partition coefficient (Wildman–Crippen LogP) is 1.79. The van der Waals surface area contributed by atoms with Crippen molar-refractivity contribution in [1.82, 2.24) is 4.57 Å². The lowest BCUT2D eigenvalue weighted by Crippen LogP contribution is -2.18. The van der Waals surface area contributed by atoms with Gasteiger partial charge in [-0.25, -0.2) is 9.18 Å². The first kappa shape index (κ1) is 11.3. The molecule has 0 fully saturated rings. The molecule has 0 aliphatic carbocycles. The molecular formula is C12H10FNO3. The van der Waals surface area contributed by atoms with Crippen LogP contribution in [0.4, 0.5) is 4.39 Å². The number of rotatable bonds is 2. The molecule has 1 N–H and O–H groups in total. The summed E-state index contributed by atoms with van der Waals surface area (Å²) >= 11 is 0. The van der Waals surface area contributed by atoms with E-state index in [1.807, 2.05) is 0 Å². The van der Waals surface area contributed by atoms with Crippen LogP contribution in [0.2, 0.25) is 0 Å². The van der Waals surface area contributed by atoms with E-state index < -0.39 is 17.8 Å². The third-order valence-electron chi connectivity index (χ3n) is 2.66. The predicted molar refractivity (Wildman–Crippen MR) is 60.5 cm³/mol. The van der Waals surface area contributed by atoms with Gasteiger partial charge in [0.05, 0.1) is 5.52 Å². The number of carboxylic acids is 1. The average molecular weight is 235 g/mol. The molecule has 1 aromatic heterocycles. The second-order valence-corrected chi connectivity index (χ2v) is 3.76. The first-order valence-electron chi connectivity index (χ1n) is 5.04. The highest BCUT2D eigenvalue weighted by Crippen LogP contribution is 2.16. The lowest BCUT2D eigenvalue weighted by molar-refractivity contribution is -0.140. The maximum Gasteiger partial charge on any atom is 0.326 e. The zero-order chi connectivity index (χ0) is 12.6. The van der Waals surface area contributed by atoms with Crippen molar-refractivity contribution in [2.45, 2.75) is 13.0 Å². The average Bonchev–Trinajstić information content (AvgIpc) is 2.29. The first-order valence-corrected chi connectivity index (χ1v) is 5.04. The van der Waals surface area contributed by atoms with Crippen LogP contribution in [0.15, 0.2) is 35.3 Å². The van der Waals surface area contributed by atoms with E-state index in [1.165, 1.54) is 35.9 Å². The number of fused-ring (bicyclic) bond motifs is 1.